The number of benzene rings is 6. The quantitative estimate of drug-likeness (QED) is 0.0314. The van der Waals surface area contributed by atoms with Gasteiger partial charge >= 0.3 is 0 Å². The number of aliphatic carboxylic acids is 2. The Balaban J connectivity index is 0.000000263. The molecule has 8 rings (SSSR count). The average molecular weight is 1160 g/mol. The van der Waals surface area contributed by atoms with E-state index in [-0.39, 0.29) is 100 Å². The summed E-state index contributed by atoms with van der Waals surface area (Å²) < 4.78 is 32.0. The van der Waals surface area contributed by atoms with E-state index in [9.17, 15) is 58.6 Å². The monoisotopic (exact) mass is 1150 g/mol. The van der Waals surface area contributed by atoms with Crippen LogP contribution in [0, 0.1) is 11.6 Å². The number of carboxylic acids is 2. The number of aliphatic hydroxyl groups excluding tert-OH is 4. The Hall–Kier alpha value is -7.28. The van der Waals surface area contributed by atoms with Crippen LogP contribution in [0.15, 0.2) is 170 Å². The van der Waals surface area contributed by atoms with Crippen molar-refractivity contribution in [3.8, 4) is 44.8 Å². The Bertz CT molecular complexity index is 3170. The topological polar surface area (TPSA) is 229 Å². The minimum atomic E-state index is -1.39. The molecule has 0 saturated carbocycles. The molecular formula is C66H68CaF2N4O10-2. The fourth-order valence-corrected chi connectivity index (χ4v) is 10.4. The number of carboxylic acid groups (broad SMARTS) is 2. The number of halogens is 2. The third-order valence-electron chi connectivity index (χ3n) is 13.8. The Labute approximate surface area is 512 Å². The average Bonchev–Trinajstić information content (AvgIpc) is 3.14. The van der Waals surface area contributed by atoms with E-state index >= 15 is 0 Å². The van der Waals surface area contributed by atoms with Gasteiger partial charge in [-0.2, -0.15) is 0 Å². The van der Waals surface area contributed by atoms with Crippen LogP contribution in [0.5, 0.6) is 0 Å². The van der Waals surface area contributed by atoms with Crippen LogP contribution in [0.2, 0.25) is 0 Å². The van der Waals surface area contributed by atoms with Crippen molar-refractivity contribution in [3.63, 3.8) is 0 Å². The van der Waals surface area contributed by atoms with Crippen LogP contribution in [-0.4, -0.2) is 115 Å². The van der Waals surface area contributed by atoms with Crippen LogP contribution < -0.4 is 20.8 Å². The molecule has 0 aliphatic rings. The zero-order chi connectivity index (χ0) is 59.0. The first-order valence-electron chi connectivity index (χ1n) is 27.3. The van der Waals surface area contributed by atoms with Gasteiger partial charge in [0.2, 0.25) is 0 Å². The van der Waals surface area contributed by atoms with Crippen molar-refractivity contribution in [2.75, 3.05) is 10.6 Å². The number of hydrogen-bond acceptors (Lipinski definition) is 10. The van der Waals surface area contributed by atoms with Crippen molar-refractivity contribution in [3.05, 3.63) is 204 Å². The number of aliphatic hydroxyl groups is 4. The molecule has 83 heavy (non-hydrogen) atoms. The fraction of sp³-hybridized carbons (Fsp3) is 0.273. The molecule has 430 valence electrons. The Morgan fingerprint density at radius 1 is 0.446 bits per heavy atom. The van der Waals surface area contributed by atoms with Crippen molar-refractivity contribution >= 4 is 72.9 Å². The van der Waals surface area contributed by atoms with Crippen LogP contribution in [0.1, 0.15) is 110 Å². The van der Waals surface area contributed by atoms with E-state index in [0.717, 1.165) is 22.5 Å². The summed E-state index contributed by atoms with van der Waals surface area (Å²) in [6.45, 7) is 8.45. The van der Waals surface area contributed by atoms with E-state index in [1.54, 1.807) is 48.5 Å². The maximum absolute atomic E-state index is 14.0. The van der Waals surface area contributed by atoms with E-state index in [4.69, 9.17) is 0 Å². The summed E-state index contributed by atoms with van der Waals surface area (Å²) in [5.74, 6) is -4.41. The zero-order valence-electron chi connectivity index (χ0n) is 46.9. The largest absolute Gasteiger partial charge is 0.550 e. The SMILES string of the molecule is CC(C)c1c(C(=O)Nc2ccccc2)c(-c2ccccc2)c(-c2ccc(F)cc2)n1CC[C@@H](O)C[C@@H](O)CC(=O)[O-].CC(C)c1c(C(=O)Nc2ccccc2)c(-c2ccccc2)c(-c2ccc(F)cc2)n1CC[C@@H](O)C[C@@H](O)CC(=O)[O-].[Ca]. The Morgan fingerprint density at radius 2 is 0.747 bits per heavy atom. The number of nitrogens with zero attached hydrogens (tertiary/aromatic N) is 2. The van der Waals surface area contributed by atoms with Crippen molar-refractivity contribution < 1.29 is 58.6 Å². The molecule has 0 aliphatic carbocycles. The van der Waals surface area contributed by atoms with Crippen LogP contribution >= 0.6 is 0 Å². The summed E-state index contributed by atoms with van der Waals surface area (Å²) in [6, 6.07) is 49.4. The molecule has 2 heterocycles. The summed E-state index contributed by atoms with van der Waals surface area (Å²) in [5, 5.41) is 69.2. The van der Waals surface area contributed by atoms with Gasteiger partial charge in [-0.25, -0.2) is 8.78 Å². The second-order valence-corrected chi connectivity index (χ2v) is 20.8. The maximum atomic E-state index is 14.0. The smallest absolute Gasteiger partial charge is 0.258 e. The molecule has 0 saturated heterocycles. The number of carbonyl (C=O) groups excluding carboxylic acids is 4. The number of anilines is 2. The first-order valence-corrected chi connectivity index (χ1v) is 27.3. The minimum Gasteiger partial charge on any atom is -0.550 e. The summed E-state index contributed by atoms with van der Waals surface area (Å²) in [5.41, 5.74) is 9.43. The van der Waals surface area contributed by atoms with E-state index in [1.807, 2.05) is 134 Å². The van der Waals surface area contributed by atoms with Gasteiger partial charge in [0, 0.05) is 109 Å². The van der Waals surface area contributed by atoms with Crippen LogP contribution in [0.4, 0.5) is 20.2 Å². The Morgan fingerprint density at radius 3 is 1.04 bits per heavy atom. The van der Waals surface area contributed by atoms with Gasteiger partial charge in [0.1, 0.15) is 11.6 Å². The minimum absolute atomic E-state index is 0. The third kappa shape index (κ3) is 17.4. The van der Waals surface area contributed by atoms with Gasteiger partial charge in [-0.1, -0.05) is 125 Å². The fourth-order valence-electron chi connectivity index (χ4n) is 10.4. The first kappa shape index (κ1) is 64.9. The summed E-state index contributed by atoms with van der Waals surface area (Å²) in [4.78, 5) is 49.8. The molecule has 14 nitrogen and oxygen atoms in total. The number of carbonyl (C=O) groups is 4. The van der Waals surface area contributed by atoms with E-state index in [0.29, 0.717) is 56.1 Å². The molecule has 6 N–H and O–H groups in total. The summed E-state index contributed by atoms with van der Waals surface area (Å²) in [6.07, 6.45) is -5.54. The second-order valence-electron chi connectivity index (χ2n) is 20.8. The van der Waals surface area contributed by atoms with Crippen LogP contribution in [0.25, 0.3) is 44.8 Å². The molecule has 2 amide bonds. The predicted octanol–water partition coefficient (Wildman–Crippen LogP) is 9.58. The molecule has 2 aromatic heterocycles. The standard InChI is InChI=1S/2C33H35FN2O5.Ca/c2*1-21(2)31-30(33(41)35-25-11-7-4-8-12-25)29(22-9-5-3-6-10-22)32(23-13-15-24(34)16-14-23)36(31)18-17-26(37)19-27(38)20-28(39)40;/h2*3-16,21,26-27,37-38H,17-20H2,1-2H3,(H,35,41)(H,39,40);/p-2/t2*26-,27-;/m11./s1. The van der Waals surface area contributed by atoms with Gasteiger partial charge in [0.05, 0.1) is 46.9 Å². The van der Waals surface area contributed by atoms with Gasteiger partial charge < -0.3 is 60.0 Å². The third-order valence-corrected chi connectivity index (χ3v) is 13.8. The van der Waals surface area contributed by atoms with E-state index < -0.39 is 60.8 Å². The summed E-state index contributed by atoms with van der Waals surface area (Å²) in [7, 11) is 0. The van der Waals surface area contributed by atoms with Gasteiger partial charge in [0.25, 0.3) is 11.8 Å². The molecule has 0 aliphatic heterocycles. The number of amides is 2. The van der Waals surface area contributed by atoms with Crippen LogP contribution in [0.3, 0.4) is 0 Å². The normalized spacial score (nSPS) is 12.6. The molecule has 17 heteroatoms. The van der Waals surface area contributed by atoms with Gasteiger partial charge in [-0.05, 0) is 133 Å². The Kier molecular flexibility index (Phi) is 24.1. The number of nitrogens with one attached hydrogen (secondary N) is 2. The van der Waals surface area contributed by atoms with Crippen molar-refractivity contribution in [1.82, 2.24) is 9.13 Å². The van der Waals surface area contributed by atoms with Gasteiger partial charge in [-0.3, -0.25) is 9.59 Å². The molecule has 0 fully saturated rings. The van der Waals surface area contributed by atoms with Crippen molar-refractivity contribution in [1.29, 1.82) is 0 Å². The number of rotatable bonds is 24. The van der Waals surface area contributed by atoms with Crippen molar-refractivity contribution in [2.24, 2.45) is 0 Å². The zero-order valence-corrected chi connectivity index (χ0v) is 49.1. The number of para-hydroxylation sites is 2. The molecule has 0 spiro atoms. The molecule has 4 atom stereocenters. The van der Waals surface area contributed by atoms with Gasteiger partial charge in [-0.15, -0.1) is 0 Å². The van der Waals surface area contributed by atoms with E-state index in [1.165, 1.54) is 24.3 Å². The van der Waals surface area contributed by atoms with Crippen molar-refractivity contribution in [2.45, 2.75) is 116 Å². The number of hydrogen-bond donors (Lipinski definition) is 6. The molecule has 6 aromatic carbocycles. The second kappa shape index (κ2) is 30.9. The maximum Gasteiger partial charge on any atom is 0.258 e. The predicted molar refractivity (Wildman–Crippen MR) is 315 cm³/mol. The summed E-state index contributed by atoms with van der Waals surface area (Å²) >= 11 is 0. The number of aromatic nitrogens is 2. The first-order chi connectivity index (χ1) is 39.3. The molecule has 2 radical (unpaired) electrons. The molecule has 0 unspecified atom stereocenters. The van der Waals surface area contributed by atoms with Crippen LogP contribution in [-0.2, 0) is 22.7 Å². The molecule has 0 bridgehead atoms. The molecular weight excluding hydrogens is 1090 g/mol. The van der Waals surface area contributed by atoms with E-state index in [2.05, 4.69) is 10.6 Å². The molecule has 8 aromatic rings. The van der Waals surface area contributed by atoms with Gasteiger partial charge in [0.15, 0.2) is 0 Å².